The van der Waals surface area contributed by atoms with Crippen molar-refractivity contribution in [3.8, 4) is 0 Å². The largest absolute Gasteiger partial charge is 1.00 e. The van der Waals surface area contributed by atoms with Gasteiger partial charge < -0.3 is 57.2 Å². The molecule has 0 saturated heterocycles. The number of rotatable bonds is 22. The van der Waals surface area contributed by atoms with Gasteiger partial charge in [0.15, 0.2) is 0 Å². The van der Waals surface area contributed by atoms with E-state index in [4.69, 9.17) is 0 Å². The van der Waals surface area contributed by atoms with E-state index >= 15 is 0 Å². The first-order chi connectivity index (χ1) is 30.7. The van der Waals surface area contributed by atoms with Gasteiger partial charge in [0.1, 0.15) is 0 Å². The van der Waals surface area contributed by atoms with E-state index in [0.717, 1.165) is 11.1 Å². The summed E-state index contributed by atoms with van der Waals surface area (Å²) in [7, 11) is -8.77. The van der Waals surface area contributed by atoms with E-state index in [9.17, 15) is 46.4 Å². The van der Waals surface area contributed by atoms with Gasteiger partial charge in [-0.1, -0.05) is 36.4 Å². The van der Waals surface area contributed by atoms with Crippen molar-refractivity contribution < 1.29 is 170 Å². The van der Waals surface area contributed by atoms with Crippen LogP contribution in [0.4, 0.5) is 58.4 Å². The molecule has 6 rings (SSSR count). The fourth-order valence-corrected chi connectivity index (χ4v) is 6.79. The monoisotopic (exact) mass is 1010 g/mol. The number of benzene rings is 4. The summed E-state index contributed by atoms with van der Waals surface area (Å²) in [4.78, 5) is 29.3. The first kappa shape index (κ1) is 61.2. The van der Waals surface area contributed by atoms with Crippen LogP contribution in [0.5, 0.6) is 0 Å². The molecule has 68 heavy (non-hydrogen) atoms. The van der Waals surface area contributed by atoms with Crippen molar-refractivity contribution in [1.29, 1.82) is 0 Å². The van der Waals surface area contributed by atoms with Crippen molar-refractivity contribution in [3.05, 3.63) is 108 Å². The molecule has 0 fully saturated rings. The molecule has 0 aliphatic carbocycles. The topological polar surface area (TPSA) is 322 Å². The molecule has 0 unspecified atom stereocenters. The van der Waals surface area contributed by atoms with Crippen LogP contribution < -0.4 is 149 Å². The number of aliphatic hydroxyl groups is 4. The first-order valence-corrected chi connectivity index (χ1v) is 22.2. The molecule has 2 heterocycles. The summed E-state index contributed by atoms with van der Waals surface area (Å²) >= 11 is 0. The number of nitrogens with one attached hydrogen (secondary N) is 4. The average Bonchev–Trinajstić information content (AvgIpc) is 3.26. The smallest absolute Gasteiger partial charge is 1.00 e. The molecule has 0 atom stereocenters. The Kier molecular flexibility index (Phi) is 26.5. The minimum Gasteiger partial charge on any atom is -1.00 e. The van der Waals surface area contributed by atoms with Gasteiger partial charge in [-0.15, -0.1) is 0 Å². The van der Waals surface area contributed by atoms with Crippen LogP contribution in [0.25, 0.3) is 12.2 Å². The Morgan fingerprint density at radius 1 is 0.412 bits per heavy atom. The summed E-state index contributed by atoms with van der Waals surface area (Å²) in [6.07, 6.45) is 3.83. The molecule has 0 amide bonds. The summed E-state index contributed by atoms with van der Waals surface area (Å²) in [5.41, 5.74) is 3.85. The quantitative estimate of drug-likeness (QED) is 0.0172. The zero-order valence-corrected chi connectivity index (χ0v) is 47.4. The van der Waals surface area contributed by atoms with Gasteiger partial charge in [0, 0.05) is 48.9 Å². The van der Waals surface area contributed by atoms with Crippen LogP contribution in [-0.2, 0) is 20.2 Å². The van der Waals surface area contributed by atoms with Crippen molar-refractivity contribution in [2.45, 2.75) is 9.79 Å². The third-order valence-corrected chi connectivity index (χ3v) is 10.6. The molecule has 28 heteroatoms. The minimum absolute atomic E-state index is 0. The molecule has 344 valence electrons. The van der Waals surface area contributed by atoms with Crippen LogP contribution in [0.1, 0.15) is 16.8 Å². The van der Waals surface area contributed by atoms with E-state index in [0.29, 0.717) is 22.7 Å². The maximum absolute atomic E-state index is 11.5. The van der Waals surface area contributed by atoms with Gasteiger partial charge in [0.05, 0.1) is 36.2 Å². The van der Waals surface area contributed by atoms with E-state index in [1.165, 1.54) is 48.5 Å². The predicted molar refractivity (Wildman–Crippen MR) is 244 cm³/mol. The molecule has 2 aromatic heterocycles. The van der Waals surface area contributed by atoms with Crippen LogP contribution in [0.3, 0.4) is 0 Å². The summed E-state index contributed by atoms with van der Waals surface area (Å²) in [5, 5.41) is 50.7. The third kappa shape index (κ3) is 18.7. The van der Waals surface area contributed by atoms with E-state index < -0.39 is 20.2 Å². The van der Waals surface area contributed by atoms with Crippen molar-refractivity contribution in [1.82, 2.24) is 29.9 Å². The summed E-state index contributed by atoms with van der Waals surface area (Å²) in [6.45, 7) is -0.392. The summed E-state index contributed by atoms with van der Waals surface area (Å²) in [6, 6.07) is 25.4. The van der Waals surface area contributed by atoms with Gasteiger partial charge in [0.25, 0.3) is 20.2 Å². The average molecular weight is 1010 g/mol. The van der Waals surface area contributed by atoms with Gasteiger partial charge in [-0.25, -0.2) is 0 Å². The fourth-order valence-electron chi connectivity index (χ4n) is 5.83. The molecule has 10 N–H and O–H groups in total. The van der Waals surface area contributed by atoms with E-state index in [-0.39, 0.29) is 222 Å². The Bertz CT molecular complexity index is 2580. The molecular formula is C40H48N12Na4O10S2. The van der Waals surface area contributed by atoms with E-state index in [1.807, 2.05) is 60.7 Å². The number of aliphatic hydroxyl groups excluding tert-OH is 4. The number of hydrogen-bond acceptors (Lipinski definition) is 20. The normalized spacial score (nSPS) is 11.0. The number of aromatic nitrogens is 6. The summed E-state index contributed by atoms with van der Waals surface area (Å²) in [5.74, 6) is 0.763. The molecule has 4 aromatic carbocycles. The zero-order valence-electron chi connectivity index (χ0n) is 41.8. The number of hydrogen-bond donors (Lipinski definition) is 10. The van der Waals surface area contributed by atoms with E-state index in [2.05, 4.69) is 51.2 Å². The van der Waals surface area contributed by atoms with Crippen LogP contribution >= 0.6 is 0 Å². The second-order valence-corrected chi connectivity index (χ2v) is 16.4. The molecule has 6 aromatic rings. The molecule has 0 aliphatic heterocycles. The van der Waals surface area contributed by atoms with Crippen LogP contribution in [0.2, 0.25) is 0 Å². The van der Waals surface area contributed by atoms with Crippen LogP contribution in [0.15, 0.2) is 107 Å². The maximum atomic E-state index is 11.5. The van der Waals surface area contributed by atoms with Gasteiger partial charge >= 0.3 is 118 Å². The number of anilines is 10. The summed E-state index contributed by atoms with van der Waals surface area (Å²) < 4.78 is 64.5. The zero-order chi connectivity index (χ0) is 45.7. The van der Waals surface area contributed by atoms with Crippen molar-refractivity contribution >= 4 is 90.8 Å². The van der Waals surface area contributed by atoms with Crippen LogP contribution in [0, 0.1) is 0 Å². The molecular weight excluding hydrogens is 965 g/mol. The molecule has 0 radical (unpaired) electrons. The minimum atomic E-state index is -4.39. The molecule has 0 spiro atoms. The Morgan fingerprint density at radius 3 is 0.868 bits per heavy atom. The van der Waals surface area contributed by atoms with Crippen molar-refractivity contribution in [3.63, 3.8) is 0 Å². The second kappa shape index (κ2) is 29.4. The maximum Gasteiger partial charge on any atom is 1.00 e. The van der Waals surface area contributed by atoms with Crippen LogP contribution in [-0.4, -0.2) is 129 Å². The second-order valence-electron chi connectivity index (χ2n) is 13.5. The standard InChI is InChI=1S/C40H44N12O10S2.4Na.4H/c53-23-19-51(20-24-54)39-47-35(45-37(49-39)43-31-11-15-33(16-12-31)63(57,58)59)41-29-7-3-27(4-8-29)1-2-28-5-9-30(10-6-28)42-36-46-38(50-40(48-36)52(21-25-55)22-26-56)44-32-13-17-34(18-14-32)64(60,61)62;;;;;;;;/h1-18,53-56H,19-26H2,(H,57,58,59)(H,60,61,62)(H2,41,43,45,47,49)(H2,42,44,46,48,50);;;;;;;;/q;4*+1;4*-1. The van der Waals surface area contributed by atoms with Crippen molar-refractivity contribution in [2.24, 2.45) is 0 Å². The van der Waals surface area contributed by atoms with Gasteiger partial charge in [0.2, 0.25) is 35.7 Å². The van der Waals surface area contributed by atoms with Gasteiger partial charge in [-0.2, -0.15) is 46.7 Å². The Labute approximate surface area is 487 Å². The van der Waals surface area contributed by atoms with Gasteiger partial charge in [-0.05, 0) is 83.9 Å². The Balaban J connectivity index is -0.00000595. The third-order valence-electron chi connectivity index (χ3n) is 8.91. The predicted octanol–water partition coefficient (Wildman–Crippen LogP) is -8.26. The molecule has 0 saturated carbocycles. The molecule has 0 bridgehead atoms. The van der Waals surface area contributed by atoms with E-state index in [1.54, 1.807) is 9.80 Å². The fraction of sp³-hybridized carbons (Fsp3) is 0.200. The first-order valence-electron chi connectivity index (χ1n) is 19.3. The molecule has 0 aliphatic rings. The number of nitrogens with zero attached hydrogens (tertiary/aromatic N) is 8. The van der Waals surface area contributed by atoms with Gasteiger partial charge in [-0.3, -0.25) is 9.11 Å². The SMILES string of the molecule is O=S(=O)(O)c1ccc(Nc2nc(Nc3ccc(C=Cc4ccc(Nc5nc(Nc6ccc(S(=O)(=O)O)cc6)nc(N(CCO)CCO)n5)cc4)cc3)nc(N(CCO)CCO)n2)cc1.[H-].[H-].[H-].[H-].[Na+].[Na+].[Na+].[Na+]. The molecule has 22 nitrogen and oxygen atoms in total. The Morgan fingerprint density at radius 2 is 0.647 bits per heavy atom. The van der Waals surface area contributed by atoms with Crippen molar-refractivity contribution in [2.75, 3.05) is 83.7 Å². The Hall–Kier alpha value is -2.90.